The van der Waals surface area contributed by atoms with Crippen LogP contribution in [0.3, 0.4) is 0 Å². The zero-order valence-corrected chi connectivity index (χ0v) is 10.1. The number of hydrogen-bond acceptors (Lipinski definition) is 2. The lowest BCUT2D eigenvalue weighted by molar-refractivity contribution is -0.121. The van der Waals surface area contributed by atoms with E-state index in [9.17, 15) is 4.79 Å². The Hall–Kier alpha value is -0.570. The summed E-state index contributed by atoms with van der Waals surface area (Å²) in [7, 11) is 0. The van der Waals surface area contributed by atoms with E-state index in [0.717, 1.165) is 12.5 Å². The fourth-order valence-corrected chi connectivity index (χ4v) is 2.76. The third-order valence-corrected chi connectivity index (χ3v) is 4.00. The molecular weight excluding hydrogens is 200 g/mol. The second kappa shape index (κ2) is 5.67. The lowest BCUT2D eigenvalue weighted by atomic mass is 9.91. The Bertz CT molecular complexity index is 230. The van der Waals surface area contributed by atoms with Gasteiger partial charge in [-0.05, 0) is 44.1 Å². The molecule has 0 aromatic carbocycles. The topological polar surface area (TPSA) is 55.1 Å². The van der Waals surface area contributed by atoms with Crippen LogP contribution >= 0.6 is 0 Å². The Kier molecular flexibility index (Phi) is 4.22. The highest BCUT2D eigenvalue weighted by molar-refractivity contribution is 5.80. The van der Waals surface area contributed by atoms with Crippen LogP contribution in [-0.2, 0) is 4.79 Å². The molecule has 1 amide bonds. The zero-order valence-electron chi connectivity index (χ0n) is 10.1. The molecule has 16 heavy (non-hydrogen) atoms. The molecule has 3 heteroatoms. The molecule has 2 aliphatic carbocycles. The normalized spacial score (nSPS) is 25.0. The zero-order chi connectivity index (χ0) is 11.4. The second-order valence-electron chi connectivity index (χ2n) is 5.48. The molecule has 1 unspecified atom stereocenters. The molecule has 3 N–H and O–H groups in total. The van der Waals surface area contributed by atoms with Gasteiger partial charge in [0.05, 0.1) is 6.04 Å². The summed E-state index contributed by atoms with van der Waals surface area (Å²) >= 11 is 0. The van der Waals surface area contributed by atoms with Crippen molar-refractivity contribution in [2.24, 2.45) is 17.6 Å². The average Bonchev–Trinajstić information content (AvgIpc) is 3.03. The van der Waals surface area contributed by atoms with Crippen molar-refractivity contribution in [1.29, 1.82) is 0 Å². The minimum absolute atomic E-state index is 0.0706. The molecule has 0 aromatic rings. The monoisotopic (exact) mass is 224 g/mol. The van der Waals surface area contributed by atoms with Gasteiger partial charge in [-0.3, -0.25) is 4.79 Å². The number of rotatable bonds is 5. The van der Waals surface area contributed by atoms with Crippen molar-refractivity contribution in [2.75, 3.05) is 6.54 Å². The van der Waals surface area contributed by atoms with Gasteiger partial charge in [0.25, 0.3) is 0 Å². The first-order valence-corrected chi connectivity index (χ1v) is 6.80. The van der Waals surface area contributed by atoms with E-state index >= 15 is 0 Å². The first-order chi connectivity index (χ1) is 7.77. The third kappa shape index (κ3) is 3.48. The van der Waals surface area contributed by atoms with Gasteiger partial charge in [-0.2, -0.15) is 0 Å². The minimum atomic E-state index is -0.146. The van der Waals surface area contributed by atoms with E-state index < -0.39 is 0 Å². The van der Waals surface area contributed by atoms with E-state index in [0.29, 0.717) is 5.92 Å². The number of primary amides is 1. The maximum absolute atomic E-state index is 11.5. The van der Waals surface area contributed by atoms with Gasteiger partial charge in [0.2, 0.25) is 5.91 Å². The summed E-state index contributed by atoms with van der Waals surface area (Å²) in [5.74, 6) is 1.15. The number of carbonyl (C=O) groups is 1. The van der Waals surface area contributed by atoms with Gasteiger partial charge in [0.15, 0.2) is 0 Å². The van der Waals surface area contributed by atoms with Gasteiger partial charge in [0.1, 0.15) is 0 Å². The average molecular weight is 224 g/mol. The predicted molar refractivity (Wildman–Crippen MR) is 64.9 cm³/mol. The van der Waals surface area contributed by atoms with Gasteiger partial charge in [-0.1, -0.05) is 25.7 Å². The molecule has 0 heterocycles. The molecule has 1 atom stereocenters. The summed E-state index contributed by atoms with van der Waals surface area (Å²) in [4.78, 5) is 11.5. The summed E-state index contributed by atoms with van der Waals surface area (Å²) < 4.78 is 0. The highest BCUT2D eigenvalue weighted by atomic mass is 16.1. The summed E-state index contributed by atoms with van der Waals surface area (Å²) in [5.41, 5.74) is 5.52. The highest BCUT2D eigenvalue weighted by Gasteiger charge is 2.29. The SMILES string of the molecule is NC(=O)C(NCC1CC1)C1CCCCCC1. The van der Waals surface area contributed by atoms with Gasteiger partial charge in [0, 0.05) is 0 Å². The Morgan fingerprint density at radius 3 is 2.25 bits per heavy atom. The van der Waals surface area contributed by atoms with E-state index in [1.54, 1.807) is 0 Å². The standard InChI is InChI=1S/C13H24N2O/c14-13(16)12(15-9-10-7-8-10)11-5-3-1-2-4-6-11/h10-12,15H,1-9H2,(H2,14,16). The van der Waals surface area contributed by atoms with Crippen LogP contribution in [0.5, 0.6) is 0 Å². The predicted octanol–water partition coefficient (Wildman–Crippen LogP) is 1.81. The van der Waals surface area contributed by atoms with Crippen molar-refractivity contribution in [1.82, 2.24) is 5.32 Å². The van der Waals surface area contributed by atoms with Crippen LogP contribution in [-0.4, -0.2) is 18.5 Å². The Balaban J connectivity index is 1.84. The van der Waals surface area contributed by atoms with Crippen molar-refractivity contribution in [3.05, 3.63) is 0 Å². The van der Waals surface area contributed by atoms with Crippen LogP contribution in [0.2, 0.25) is 0 Å². The fourth-order valence-electron chi connectivity index (χ4n) is 2.76. The van der Waals surface area contributed by atoms with Gasteiger partial charge in [-0.25, -0.2) is 0 Å². The van der Waals surface area contributed by atoms with E-state index in [1.807, 2.05) is 0 Å². The number of nitrogens with two attached hydrogens (primary N) is 1. The summed E-state index contributed by atoms with van der Waals surface area (Å²) in [5, 5.41) is 3.40. The molecule has 2 aliphatic rings. The van der Waals surface area contributed by atoms with E-state index in [1.165, 1.54) is 51.4 Å². The van der Waals surface area contributed by atoms with Crippen LogP contribution in [0.1, 0.15) is 51.4 Å². The Morgan fingerprint density at radius 1 is 1.12 bits per heavy atom. The van der Waals surface area contributed by atoms with E-state index in [4.69, 9.17) is 5.73 Å². The van der Waals surface area contributed by atoms with Crippen molar-refractivity contribution in [3.8, 4) is 0 Å². The maximum Gasteiger partial charge on any atom is 0.234 e. The molecule has 0 saturated heterocycles. The van der Waals surface area contributed by atoms with Crippen LogP contribution in [0.4, 0.5) is 0 Å². The molecule has 92 valence electrons. The van der Waals surface area contributed by atoms with Gasteiger partial charge in [-0.15, -0.1) is 0 Å². The lowest BCUT2D eigenvalue weighted by Crippen LogP contribution is -2.47. The van der Waals surface area contributed by atoms with Crippen LogP contribution in [0.15, 0.2) is 0 Å². The lowest BCUT2D eigenvalue weighted by Gasteiger charge is -2.24. The largest absolute Gasteiger partial charge is 0.368 e. The van der Waals surface area contributed by atoms with E-state index in [-0.39, 0.29) is 11.9 Å². The first kappa shape index (κ1) is 11.9. The first-order valence-electron chi connectivity index (χ1n) is 6.80. The summed E-state index contributed by atoms with van der Waals surface area (Å²) in [6, 6.07) is -0.0706. The molecule has 3 nitrogen and oxygen atoms in total. The Labute approximate surface area is 98.2 Å². The van der Waals surface area contributed by atoms with Crippen LogP contribution in [0.25, 0.3) is 0 Å². The molecule has 2 fully saturated rings. The summed E-state index contributed by atoms with van der Waals surface area (Å²) in [6.07, 6.45) is 10.2. The van der Waals surface area contributed by atoms with Crippen molar-refractivity contribution in [2.45, 2.75) is 57.4 Å². The molecule has 0 aromatic heterocycles. The number of carbonyl (C=O) groups excluding carboxylic acids is 1. The minimum Gasteiger partial charge on any atom is -0.368 e. The molecule has 2 rings (SSSR count). The van der Waals surface area contributed by atoms with Crippen LogP contribution in [0, 0.1) is 11.8 Å². The molecule has 2 saturated carbocycles. The molecule has 0 aliphatic heterocycles. The van der Waals surface area contributed by atoms with Gasteiger partial charge < -0.3 is 11.1 Å². The van der Waals surface area contributed by atoms with E-state index in [2.05, 4.69) is 5.32 Å². The number of hydrogen-bond donors (Lipinski definition) is 2. The quantitative estimate of drug-likeness (QED) is 0.700. The third-order valence-electron chi connectivity index (χ3n) is 4.00. The molecule has 0 bridgehead atoms. The van der Waals surface area contributed by atoms with Crippen molar-refractivity contribution >= 4 is 5.91 Å². The molecule has 0 radical (unpaired) electrons. The van der Waals surface area contributed by atoms with Crippen molar-refractivity contribution in [3.63, 3.8) is 0 Å². The van der Waals surface area contributed by atoms with Crippen LogP contribution < -0.4 is 11.1 Å². The maximum atomic E-state index is 11.5. The smallest absolute Gasteiger partial charge is 0.234 e. The van der Waals surface area contributed by atoms with Crippen molar-refractivity contribution < 1.29 is 4.79 Å². The highest BCUT2D eigenvalue weighted by Crippen LogP contribution is 2.29. The Morgan fingerprint density at radius 2 is 1.75 bits per heavy atom. The fraction of sp³-hybridized carbons (Fsp3) is 0.923. The molecule has 0 spiro atoms. The van der Waals surface area contributed by atoms with Gasteiger partial charge >= 0.3 is 0 Å². The molecular formula is C13H24N2O. The number of amides is 1. The second-order valence-corrected chi connectivity index (χ2v) is 5.48. The number of nitrogens with one attached hydrogen (secondary N) is 1. The summed E-state index contributed by atoms with van der Waals surface area (Å²) in [6.45, 7) is 0.990.